The Morgan fingerprint density at radius 1 is 1.04 bits per heavy atom. The Kier molecular flexibility index (Phi) is 8.63. The number of amides is 3. The Morgan fingerprint density at radius 2 is 1.64 bits per heavy atom. The lowest BCUT2D eigenvalue weighted by molar-refractivity contribution is -0.133. The van der Waals surface area contributed by atoms with Gasteiger partial charge < -0.3 is 15.5 Å². The first-order valence-corrected chi connectivity index (χ1v) is 8.45. The van der Waals surface area contributed by atoms with E-state index in [2.05, 4.69) is 10.6 Å². The van der Waals surface area contributed by atoms with Crippen molar-refractivity contribution in [3.63, 3.8) is 0 Å². The molecule has 25 heavy (non-hydrogen) atoms. The van der Waals surface area contributed by atoms with Crippen LogP contribution < -0.4 is 10.6 Å². The summed E-state index contributed by atoms with van der Waals surface area (Å²) in [5.41, 5.74) is 0.706. The van der Waals surface area contributed by atoms with Gasteiger partial charge in [0.05, 0.1) is 13.1 Å². The van der Waals surface area contributed by atoms with E-state index < -0.39 is 6.04 Å². The molecule has 0 aliphatic heterocycles. The molecule has 7 nitrogen and oxygen atoms in total. The van der Waals surface area contributed by atoms with Crippen molar-refractivity contribution in [1.82, 2.24) is 20.4 Å². The highest BCUT2D eigenvalue weighted by atomic mass is 16.2. The molecule has 1 rings (SSSR count). The maximum absolute atomic E-state index is 12.3. The molecule has 1 atom stereocenters. The Hall–Kier alpha value is -2.41. The summed E-state index contributed by atoms with van der Waals surface area (Å²) in [6, 6.07) is 8.28. The fraction of sp³-hybridized carbons (Fsp3) is 0.500. The van der Waals surface area contributed by atoms with Gasteiger partial charge in [-0.05, 0) is 26.5 Å². The molecular formula is C18H28N4O3. The zero-order valence-electron chi connectivity index (χ0n) is 15.4. The van der Waals surface area contributed by atoms with E-state index in [4.69, 9.17) is 0 Å². The average molecular weight is 348 g/mol. The first-order valence-electron chi connectivity index (χ1n) is 8.45. The summed E-state index contributed by atoms with van der Waals surface area (Å²) < 4.78 is 0. The van der Waals surface area contributed by atoms with E-state index in [1.807, 2.05) is 32.0 Å². The second kappa shape index (κ2) is 10.5. The van der Waals surface area contributed by atoms with Crippen LogP contribution in [0.5, 0.6) is 0 Å². The number of carbonyl (C=O) groups excluding carboxylic acids is 3. The number of hydrogen-bond acceptors (Lipinski definition) is 4. The molecular weight excluding hydrogens is 320 g/mol. The maximum atomic E-state index is 12.3. The Balaban J connectivity index is 2.66. The van der Waals surface area contributed by atoms with Crippen molar-refractivity contribution in [1.29, 1.82) is 0 Å². The number of benzene rings is 1. The third-order valence-electron chi connectivity index (χ3n) is 3.88. The molecule has 3 amide bonds. The Bertz CT molecular complexity index is 573. The lowest BCUT2D eigenvalue weighted by atomic mass is 10.1. The number of nitrogens with one attached hydrogen (secondary N) is 2. The SMILES string of the molecule is CCN(CC)C(=O)CN(C)CC(=O)NC(C(=O)NC)c1ccccc1. The van der Waals surface area contributed by atoms with Crippen molar-refractivity contribution in [3.8, 4) is 0 Å². The zero-order chi connectivity index (χ0) is 18.8. The molecule has 0 aliphatic rings. The fourth-order valence-corrected chi connectivity index (χ4v) is 2.50. The molecule has 0 aromatic heterocycles. The van der Waals surface area contributed by atoms with Crippen LogP contribution in [-0.2, 0) is 14.4 Å². The summed E-state index contributed by atoms with van der Waals surface area (Å²) in [7, 11) is 3.23. The van der Waals surface area contributed by atoms with E-state index in [-0.39, 0.29) is 30.8 Å². The molecule has 0 aliphatic carbocycles. The standard InChI is InChI=1S/C18H28N4O3/c1-5-22(6-2)16(24)13-21(4)12-15(23)20-17(18(25)19-3)14-10-8-7-9-11-14/h7-11,17H,5-6,12-13H2,1-4H3,(H,19,25)(H,20,23). The van der Waals surface area contributed by atoms with Crippen LogP contribution in [0.25, 0.3) is 0 Å². The predicted octanol–water partition coefficient (Wildman–Crippen LogP) is 0.390. The van der Waals surface area contributed by atoms with E-state index in [0.717, 1.165) is 0 Å². The van der Waals surface area contributed by atoms with Crippen molar-refractivity contribution < 1.29 is 14.4 Å². The highest BCUT2D eigenvalue weighted by molar-refractivity contribution is 5.89. The van der Waals surface area contributed by atoms with Crippen LogP contribution >= 0.6 is 0 Å². The highest BCUT2D eigenvalue weighted by Gasteiger charge is 2.22. The minimum atomic E-state index is -0.759. The van der Waals surface area contributed by atoms with Crippen LogP contribution in [-0.4, -0.2) is 67.8 Å². The third-order valence-corrected chi connectivity index (χ3v) is 3.88. The topological polar surface area (TPSA) is 81.8 Å². The van der Waals surface area contributed by atoms with Gasteiger partial charge in [0, 0.05) is 20.1 Å². The summed E-state index contributed by atoms with van der Waals surface area (Å²) in [4.78, 5) is 39.8. The molecule has 0 fully saturated rings. The van der Waals surface area contributed by atoms with E-state index in [1.165, 1.54) is 7.05 Å². The molecule has 1 aromatic carbocycles. The number of rotatable bonds is 9. The fourth-order valence-electron chi connectivity index (χ4n) is 2.50. The van der Waals surface area contributed by atoms with Gasteiger partial charge in [-0.15, -0.1) is 0 Å². The minimum Gasteiger partial charge on any atom is -0.357 e. The van der Waals surface area contributed by atoms with Gasteiger partial charge in [0.25, 0.3) is 0 Å². The van der Waals surface area contributed by atoms with Gasteiger partial charge in [-0.2, -0.15) is 0 Å². The molecule has 7 heteroatoms. The smallest absolute Gasteiger partial charge is 0.246 e. The quantitative estimate of drug-likeness (QED) is 0.676. The molecule has 0 radical (unpaired) electrons. The highest BCUT2D eigenvalue weighted by Crippen LogP contribution is 2.12. The van der Waals surface area contributed by atoms with Crippen molar-refractivity contribution in [2.75, 3.05) is 40.3 Å². The molecule has 2 N–H and O–H groups in total. The predicted molar refractivity (Wildman–Crippen MR) is 96.8 cm³/mol. The van der Waals surface area contributed by atoms with Gasteiger partial charge in [0.2, 0.25) is 17.7 Å². The van der Waals surface area contributed by atoms with Crippen LogP contribution in [0.2, 0.25) is 0 Å². The van der Waals surface area contributed by atoms with Crippen LogP contribution in [0.1, 0.15) is 25.5 Å². The molecule has 0 spiro atoms. The third kappa shape index (κ3) is 6.54. The van der Waals surface area contributed by atoms with Gasteiger partial charge in [-0.3, -0.25) is 19.3 Å². The van der Waals surface area contributed by atoms with Crippen LogP contribution in [0.3, 0.4) is 0 Å². The first kappa shape index (κ1) is 20.6. The van der Waals surface area contributed by atoms with Gasteiger partial charge in [0.1, 0.15) is 6.04 Å². The van der Waals surface area contributed by atoms with Crippen LogP contribution in [0.15, 0.2) is 30.3 Å². The number of nitrogens with zero attached hydrogens (tertiary/aromatic N) is 2. The number of hydrogen-bond donors (Lipinski definition) is 2. The first-order chi connectivity index (χ1) is 11.9. The summed E-state index contributed by atoms with van der Waals surface area (Å²) >= 11 is 0. The van der Waals surface area contributed by atoms with Gasteiger partial charge in [-0.25, -0.2) is 0 Å². The Morgan fingerprint density at radius 3 is 2.16 bits per heavy atom. The number of carbonyl (C=O) groups is 3. The normalized spacial score (nSPS) is 11.7. The van der Waals surface area contributed by atoms with Crippen molar-refractivity contribution in [2.45, 2.75) is 19.9 Å². The summed E-state index contributed by atoms with van der Waals surface area (Å²) in [6.07, 6.45) is 0. The minimum absolute atomic E-state index is 0.0220. The molecule has 0 heterocycles. The molecule has 0 bridgehead atoms. The second-order valence-electron chi connectivity index (χ2n) is 5.76. The van der Waals surface area contributed by atoms with Crippen molar-refractivity contribution in [3.05, 3.63) is 35.9 Å². The summed E-state index contributed by atoms with van der Waals surface area (Å²) in [5, 5.41) is 5.28. The average Bonchev–Trinajstić information content (AvgIpc) is 2.60. The Labute approximate surface area is 149 Å². The van der Waals surface area contributed by atoms with Crippen LogP contribution in [0.4, 0.5) is 0 Å². The van der Waals surface area contributed by atoms with E-state index >= 15 is 0 Å². The lowest BCUT2D eigenvalue weighted by Gasteiger charge is -2.24. The van der Waals surface area contributed by atoms with Gasteiger partial charge >= 0.3 is 0 Å². The largest absolute Gasteiger partial charge is 0.357 e. The van der Waals surface area contributed by atoms with Crippen LogP contribution in [0, 0.1) is 0 Å². The van der Waals surface area contributed by atoms with Gasteiger partial charge in [0.15, 0.2) is 0 Å². The van der Waals surface area contributed by atoms with E-state index in [1.54, 1.807) is 29.0 Å². The summed E-state index contributed by atoms with van der Waals surface area (Å²) in [6.45, 7) is 5.31. The summed E-state index contributed by atoms with van der Waals surface area (Å²) in [5.74, 6) is -0.625. The van der Waals surface area contributed by atoms with Crippen molar-refractivity contribution >= 4 is 17.7 Å². The van der Waals surface area contributed by atoms with E-state index in [9.17, 15) is 14.4 Å². The molecule has 1 aromatic rings. The molecule has 0 saturated heterocycles. The monoisotopic (exact) mass is 348 g/mol. The molecule has 138 valence electrons. The lowest BCUT2D eigenvalue weighted by Crippen LogP contribution is -2.45. The van der Waals surface area contributed by atoms with Gasteiger partial charge in [-0.1, -0.05) is 30.3 Å². The number of likely N-dealkylation sites (N-methyl/N-ethyl adjacent to an activating group) is 3. The second-order valence-corrected chi connectivity index (χ2v) is 5.76. The van der Waals surface area contributed by atoms with Crippen molar-refractivity contribution in [2.24, 2.45) is 0 Å². The molecule has 0 saturated carbocycles. The van der Waals surface area contributed by atoms with E-state index in [0.29, 0.717) is 18.7 Å². The molecule has 1 unspecified atom stereocenters. The zero-order valence-corrected chi connectivity index (χ0v) is 15.4. The maximum Gasteiger partial charge on any atom is 0.246 e.